The lowest BCUT2D eigenvalue weighted by Crippen LogP contribution is -2.36. The molecule has 4 aromatic heterocycles. The number of pyridine rings is 2. The molecule has 0 aliphatic rings. The molecule has 0 radical (unpaired) electrons. The van der Waals surface area contributed by atoms with Gasteiger partial charge in [0.15, 0.2) is 0 Å². The van der Waals surface area contributed by atoms with E-state index in [1.54, 1.807) is 17.5 Å². The SMILES string of the molecule is Cc1ccc(-c2cc(C(=O)N(Cc3ccccn3)C(C)C)c3c(C)noc3n2)s1. The van der Waals surface area contributed by atoms with Crippen LogP contribution in [0.15, 0.2) is 47.1 Å². The largest absolute Gasteiger partial charge is 0.335 e. The summed E-state index contributed by atoms with van der Waals surface area (Å²) in [6.45, 7) is 8.31. The molecular weight excluding hydrogens is 384 g/mol. The number of fused-ring (bicyclic) bond motifs is 1. The number of carbonyl (C=O) groups is 1. The van der Waals surface area contributed by atoms with Gasteiger partial charge in [-0.25, -0.2) is 4.98 Å². The van der Waals surface area contributed by atoms with Crippen LogP contribution in [0.1, 0.15) is 40.5 Å². The third-order valence-electron chi connectivity index (χ3n) is 4.78. The van der Waals surface area contributed by atoms with Gasteiger partial charge >= 0.3 is 0 Å². The normalized spacial score (nSPS) is 11.3. The van der Waals surface area contributed by atoms with Gasteiger partial charge in [0.1, 0.15) is 0 Å². The van der Waals surface area contributed by atoms with E-state index in [-0.39, 0.29) is 11.9 Å². The Bertz CT molecular complexity index is 1160. The van der Waals surface area contributed by atoms with E-state index in [1.165, 1.54) is 4.88 Å². The fourth-order valence-electron chi connectivity index (χ4n) is 3.27. The van der Waals surface area contributed by atoms with Gasteiger partial charge in [-0.05, 0) is 58.0 Å². The van der Waals surface area contributed by atoms with Gasteiger partial charge in [0.2, 0.25) is 0 Å². The third kappa shape index (κ3) is 3.78. The van der Waals surface area contributed by atoms with E-state index in [0.717, 1.165) is 16.3 Å². The standard InChI is InChI=1S/C22H22N4O2S/c1-13(2)26(12-16-7-5-6-10-23-16)22(27)17-11-18(19-9-8-14(3)29-19)24-21-20(17)15(4)25-28-21/h5-11,13H,12H2,1-4H3. The Morgan fingerprint density at radius 3 is 2.69 bits per heavy atom. The summed E-state index contributed by atoms with van der Waals surface area (Å²) >= 11 is 1.63. The fraction of sp³-hybridized carbons (Fsp3) is 0.273. The summed E-state index contributed by atoms with van der Waals surface area (Å²) in [5.74, 6) is -0.0844. The molecule has 4 rings (SSSR count). The number of rotatable bonds is 5. The number of nitrogens with zero attached hydrogens (tertiary/aromatic N) is 4. The van der Waals surface area contributed by atoms with Gasteiger partial charge in [-0.2, -0.15) is 0 Å². The highest BCUT2D eigenvalue weighted by Crippen LogP contribution is 2.32. The predicted octanol–water partition coefficient (Wildman–Crippen LogP) is 5.01. The second-order valence-corrected chi connectivity index (χ2v) is 8.55. The first-order valence-corrected chi connectivity index (χ1v) is 10.3. The quantitative estimate of drug-likeness (QED) is 0.466. The van der Waals surface area contributed by atoms with Crippen LogP contribution in [-0.2, 0) is 6.54 Å². The molecule has 0 aromatic carbocycles. The predicted molar refractivity (Wildman–Crippen MR) is 114 cm³/mol. The molecule has 0 saturated heterocycles. The molecule has 0 N–H and O–H groups in total. The zero-order chi connectivity index (χ0) is 20.5. The average molecular weight is 407 g/mol. The summed E-state index contributed by atoms with van der Waals surface area (Å²) in [5.41, 5.74) is 3.16. The Labute approximate surface area is 173 Å². The fourth-order valence-corrected chi connectivity index (χ4v) is 4.10. The Kier molecular flexibility index (Phi) is 5.15. The van der Waals surface area contributed by atoms with Crippen molar-refractivity contribution in [3.05, 3.63) is 64.4 Å². The third-order valence-corrected chi connectivity index (χ3v) is 5.81. The molecular formula is C22H22N4O2S. The Morgan fingerprint density at radius 2 is 2.03 bits per heavy atom. The summed E-state index contributed by atoms with van der Waals surface area (Å²) in [6.07, 6.45) is 1.74. The van der Waals surface area contributed by atoms with Crippen molar-refractivity contribution in [2.45, 2.75) is 40.3 Å². The van der Waals surface area contributed by atoms with Gasteiger partial charge in [0.05, 0.1) is 39.5 Å². The van der Waals surface area contributed by atoms with Gasteiger partial charge in [-0.3, -0.25) is 9.78 Å². The lowest BCUT2D eigenvalue weighted by atomic mass is 10.1. The van der Waals surface area contributed by atoms with Crippen molar-refractivity contribution in [2.24, 2.45) is 0 Å². The van der Waals surface area contributed by atoms with E-state index in [4.69, 9.17) is 4.52 Å². The van der Waals surface area contributed by atoms with Crippen LogP contribution in [0.4, 0.5) is 0 Å². The van der Waals surface area contributed by atoms with Crippen molar-refractivity contribution in [2.75, 3.05) is 0 Å². The van der Waals surface area contributed by atoms with Crippen LogP contribution >= 0.6 is 11.3 Å². The second kappa shape index (κ2) is 7.75. The second-order valence-electron chi connectivity index (χ2n) is 7.26. The first kappa shape index (κ1) is 19.3. The summed E-state index contributed by atoms with van der Waals surface area (Å²) in [6, 6.07) is 11.6. The van der Waals surface area contributed by atoms with Crippen LogP contribution in [0.3, 0.4) is 0 Å². The zero-order valence-electron chi connectivity index (χ0n) is 16.8. The minimum Gasteiger partial charge on any atom is -0.335 e. The topological polar surface area (TPSA) is 72.1 Å². The molecule has 0 bridgehead atoms. The molecule has 0 spiro atoms. The highest BCUT2D eigenvalue weighted by Gasteiger charge is 2.25. The van der Waals surface area contributed by atoms with Gasteiger partial charge in [0, 0.05) is 17.1 Å². The molecule has 4 aromatic rings. The lowest BCUT2D eigenvalue weighted by Gasteiger charge is -2.27. The molecule has 0 fully saturated rings. The van der Waals surface area contributed by atoms with Crippen molar-refractivity contribution < 1.29 is 9.32 Å². The van der Waals surface area contributed by atoms with E-state index in [1.807, 2.05) is 69.0 Å². The molecule has 29 heavy (non-hydrogen) atoms. The maximum Gasteiger partial charge on any atom is 0.259 e. The van der Waals surface area contributed by atoms with Crippen molar-refractivity contribution in [1.82, 2.24) is 20.0 Å². The molecule has 1 amide bonds. The lowest BCUT2D eigenvalue weighted by molar-refractivity contribution is 0.0689. The summed E-state index contributed by atoms with van der Waals surface area (Å²) in [4.78, 5) is 26.6. The van der Waals surface area contributed by atoms with Crippen LogP contribution < -0.4 is 0 Å². The van der Waals surface area contributed by atoms with Crippen molar-refractivity contribution in [3.63, 3.8) is 0 Å². The highest BCUT2D eigenvalue weighted by atomic mass is 32.1. The van der Waals surface area contributed by atoms with Gasteiger partial charge in [-0.15, -0.1) is 11.3 Å². The number of thiophene rings is 1. The Hall–Kier alpha value is -3.06. The van der Waals surface area contributed by atoms with Gasteiger partial charge in [-0.1, -0.05) is 11.2 Å². The molecule has 6 nitrogen and oxygen atoms in total. The van der Waals surface area contributed by atoms with E-state index < -0.39 is 0 Å². The molecule has 0 atom stereocenters. The van der Waals surface area contributed by atoms with Crippen LogP contribution in [0.5, 0.6) is 0 Å². The van der Waals surface area contributed by atoms with E-state index in [0.29, 0.717) is 28.9 Å². The van der Waals surface area contributed by atoms with Crippen molar-refractivity contribution in [1.29, 1.82) is 0 Å². The molecule has 0 aliphatic carbocycles. The van der Waals surface area contributed by atoms with Crippen molar-refractivity contribution >= 4 is 28.3 Å². The first-order chi connectivity index (χ1) is 13.9. The smallest absolute Gasteiger partial charge is 0.259 e. The monoisotopic (exact) mass is 406 g/mol. The molecule has 0 saturated carbocycles. The number of aryl methyl sites for hydroxylation is 2. The summed E-state index contributed by atoms with van der Waals surface area (Å²) in [5, 5.41) is 4.72. The van der Waals surface area contributed by atoms with Crippen LogP contribution in [0, 0.1) is 13.8 Å². The Morgan fingerprint density at radius 1 is 1.21 bits per heavy atom. The maximum atomic E-state index is 13.6. The first-order valence-electron chi connectivity index (χ1n) is 9.48. The molecule has 0 unspecified atom stereocenters. The number of amides is 1. The van der Waals surface area contributed by atoms with E-state index in [9.17, 15) is 4.79 Å². The van der Waals surface area contributed by atoms with Crippen molar-refractivity contribution in [3.8, 4) is 10.6 Å². The number of hydrogen-bond acceptors (Lipinski definition) is 6. The molecule has 4 heterocycles. The Balaban J connectivity index is 1.81. The zero-order valence-corrected chi connectivity index (χ0v) is 17.7. The van der Waals surface area contributed by atoms with Crippen LogP contribution in [-0.4, -0.2) is 32.0 Å². The molecule has 0 aliphatic heterocycles. The average Bonchev–Trinajstić information content (AvgIpc) is 3.31. The highest BCUT2D eigenvalue weighted by molar-refractivity contribution is 7.15. The van der Waals surface area contributed by atoms with Gasteiger partial charge in [0.25, 0.3) is 11.6 Å². The number of hydrogen-bond donors (Lipinski definition) is 0. The maximum absolute atomic E-state index is 13.6. The summed E-state index contributed by atoms with van der Waals surface area (Å²) < 4.78 is 5.43. The van der Waals surface area contributed by atoms with Crippen LogP contribution in [0.25, 0.3) is 21.7 Å². The number of aromatic nitrogens is 3. The van der Waals surface area contributed by atoms with Crippen LogP contribution in [0.2, 0.25) is 0 Å². The molecule has 148 valence electrons. The van der Waals surface area contributed by atoms with Gasteiger partial charge < -0.3 is 9.42 Å². The minimum atomic E-state index is -0.0844. The molecule has 7 heteroatoms. The minimum absolute atomic E-state index is 0.000296. The van der Waals surface area contributed by atoms with E-state index in [2.05, 4.69) is 15.1 Å². The van der Waals surface area contributed by atoms with E-state index >= 15 is 0 Å². The summed E-state index contributed by atoms with van der Waals surface area (Å²) in [7, 11) is 0. The number of carbonyl (C=O) groups excluding carboxylic acids is 1.